The Morgan fingerprint density at radius 2 is 1.83 bits per heavy atom. The number of carbonyl (C=O) groups is 1. The van der Waals surface area contributed by atoms with E-state index in [-0.39, 0.29) is 11.9 Å². The average Bonchev–Trinajstić information content (AvgIpc) is 2.81. The molecule has 0 atom stereocenters. The number of hydrogen-bond donors (Lipinski definition) is 0. The van der Waals surface area contributed by atoms with Crippen molar-refractivity contribution in [3.63, 3.8) is 0 Å². The van der Waals surface area contributed by atoms with E-state index in [2.05, 4.69) is 26.8 Å². The van der Waals surface area contributed by atoms with Crippen molar-refractivity contribution in [2.75, 3.05) is 6.61 Å². The van der Waals surface area contributed by atoms with Crippen molar-refractivity contribution in [1.29, 1.82) is 0 Å². The molecule has 1 fully saturated rings. The van der Waals surface area contributed by atoms with Crippen LogP contribution in [0.25, 0.3) is 0 Å². The first-order valence-corrected chi connectivity index (χ1v) is 7.05. The van der Waals surface area contributed by atoms with E-state index >= 15 is 0 Å². The zero-order valence-corrected chi connectivity index (χ0v) is 12.0. The second-order valence-corrected chi connectivity index (χ2v) is 5.48. The lowest BCUT2D eigenvalue weighted by molar-refractivity contribution is -0.147. The average molecular weight is 250 g/mol. The van der Waals surface area contributed by atoms with Gasteiger partial charge in [0.25, 0.3) is 0 Å². The topological polar surface area (TPSA) is 26.3 Å². The van der Waals surface area contributed by atoms with Gasteiger partial charge in [0.05, 0.1) is 5.92 Å². The first kappa shape index (κ1) is 15.0. The monoisotopic (exact) mass is 250 g/mol. The summed E-state index contributed by atoms with van der Waals surface area (Å²) in [6.07, 6.45) is 10.8. The van der Waals surface area contributed by atoms with Crippen molar-refractivity contribution in [2.45, 2.75) is 59.3 Å². The van der Waals surface area contributed by atoms with Crippen molar-refractivity contribution in [2.24, 2.45) is 5.92 Å². The lowest BCUT2D eigenvalue weighted by atomic mass is 10.1. The summed E-state index contributed by atoms with van der Waals surface area (Å²) in [6.45, 7) is 6.77. The summed E-state index contributed by atoms with van der Waals surface area (Å²) < 4.78 is 5.29. The quantitative estimate of drug-likeness (QED) is 0.515. The molecule has 1 saturated carbocycles. The van der Waals surface area contributed by atoms with Crippen LogP contribution in [-0.2, 0) is 9.53 Å². The van der Waals surface area contributed by atoms with Crippen LogP contribution in [0.2, 0.25) is 0 Å². The predicted octanol–water partition coefficient (Wildman–Crippen LogP) is 4.41. The highest BCUT2D eigenvalue weighted by molar-refractivity contribution is 5.72. The third-order valence-electron chi connectivity index (χ3n) is 3.44. The molecule has 0 aromatic carbocycles. The Morgan fingerprint density at radius 1 is 1.17 bits per heavy atom. The molecule has 2 heteroatoms. The van der Waals surface area contributed by atoms with Gasteiger partial charge in [0.15, 0.2) is 0 Å². The molecule has 0 saturated heterocycles. The Labute approximate surface area is 111 Å². The number of ether oxygens (including phenoxy) is 1. The molecule has 0 N–H and O–H groups in total. The molecule has 0 bridgehead atoms. The first-order valence-electron chi connectivity index (χ1n) is 7.05. The largest absolute Gasteiger partial charge is 0.461 e. The van der Waals surface area contributed by atoms with Crippen LogP contribution < -0.4 is 0 Å². The standard InChI is InChI=1S/C16H26O2/c1-13(2)7-6-8-14(3)11-12-18-16(17)15-9-4-5-10-15/h7,11,15H,4-6,8-10,12H2,1-3H3/b14-11-. The third kappa shape index (κ3) is 6.04. The molecule has 1 aliphatic rings. The highest BCUT2D eigenvalue weighted by Gasteiger charge is 2.23. The van der Waals surface area contributed by atoms with Crippen LogP contribution in [0.4, 0.5) is 0 Å². The number of rotatable bonds is 6. The van der Waals surface area contributed by atoms with E-state index in [9.17, 15) is 4.79 Å². The van der Waals surface area contributed by atoms with E-state index in [1.165, 1.54) is 24.0 Å². The molecule has 0 amide bonds. The van der Waals surface area contributed by atoms with E-state index in [4.69, 9.17) is 4.74 Å². The molecular formula is C16H26O2. The van der Waals surface area contributed by atoms with Gasteiger partial charge in [-0.15, -0.1) is 0 Å². The van der Waals surface area contributed by atoms with Crippen molar-refractivity contribution >= 4 is 5.97 Å². The molecule has 0 aromatic heterocycles. The van der Waals surface area contributed by atoms with Crippen LogP contribution in [0.3, 0.4) is 0 Å². The van der Waals surface area contributed by atoms with Crippen LogP contribution in [0.15, 0.2) is 23.3 Å². The van der Waals surface area contributed by atoms with Crippen molar-refractivity contribution in [1.82, 2.24) is 0 Å². The minimum absolute atomic E-state index is 0.000786. The van der Waals surface area contributed by atoms with Gasteiger partial charge in [-0.3, -0.25) is 4.79 Å². The molecule has 0 aliphatic heterocycles. The lowest BCUT2D eigenvalue weighted by Gasteiger charge is -2.08. The molecule has 0 unspecified atom stereocenters. The Kier molecular flexibility index (Phi) is 6.77. The fourth-order valence-electron chi connectivity index (χ4n) is 2.24. The zero-order valence-electron chi connectivity index (χ0n) is 12.0. The van der Waals surface area contributed by atoms with E-state index < -0.39 is 0 Å². The Hall–Kier alpha value is -1.05. The van der Waals surface area contributed by atoms with E-state index in [0.717, 1.165) is 25.7 Å². The van der Waals surface area contributed by atoms with Gasteiger partial charge in [0, 0.05) is 0 Å². The Bertz CT molecular complexity index is 316. The van der Waals surface area contributed by atoms with Crippen molar-refractivity contribution in [3.05, 3.63) is 23.3 Å². The summed E-state index contributed by atoms with van der Waals surface area (Å²) >= 11 is 0. The summed E-state index contributed by atoms with van der Waals surface area (Å²) in [5, 5.41) is 0. The molecule has 1 aliphatic carbocycles. The fourth-order valence-corrected chi connectivity index (χ4v) is 2.24. The minimum atomic E-state index is 0.000786. The van der Waals surface area contributed by atoms with E-state index in [0.29, 0.717) is 6.61 Å². The Balaban J connectivity index is 2.18. The molecule has 1 rings (SSSR count). The maximum Gasteiger partial charge on any atom is 0.309 e. The summed E-state index contributed by atoms with van der Waals surface area (Å²) in [6, 6.07) is 0. The molecule has 0 aromatic rings. The van der Waals surface area contributed by atoms with Crippen LogP contribution >= 0.6 is 0 Å². The van der Waals surface area contributed by atoms with Gasteiger partial charge in [0.2, 0.25) is 0 Å². The van der Waals surface area contributed by atoms with Gasteiger partial charge in [0.1, 0.15) is 6.61 Å². The number of hydrogen-bond acceptors (Lipinski definition) is 2. The number of carbonyl (C=O) groups excluding carboxylic acids is 1. The second-order valence-electron chi connectivity index (χ2n) is 5.48. The lowest BCUT2D eigenvalue weighted by Crippen LogP contribution is -2.14. The summed E-state index contributed by atoms with van der Waals surface area (Å²) in [5.74, 6) is 0.172. The molecule has 2 nitrogen and oxygen atoms in total. The van der Waals surface area contributed by atoms with Gasteiger partial charge in [-0.2, -0.15) is 0 Å². The molecule has 18 heavy (non-hydrogen) atoms. The van der Waals surface area contributed by atoms with Crippen LogP contribution in [0, 0.1) is 5.92 Å². The predicted molar refractivity (Wildman–Crippen MR) is 75.3 cm³/mol. The first-order chi connectivity index (χ1) is 8.59. The smallest absolute Gasteiger partial charge is 0.309 e. The minimum Gasteiger partial charge on any atom is -0.461 e. The van der Waals surface area contributed by atoms with E-state index in [1.54, 1.807) is 0 Å². The van der Waals surface area contributed by atoms with Crippen molar-refractivity contribution in [3.8, 4) is 0 Å². The maximum absolute atomic E-state index is 11.7. The highest BCUT2D eigenvalue weighted by atomic mass is 16.5. The molecule has 0 heterocycles. The van der Waals surface area contributed by atoms with Gasteiger partial charge in [-0.1, -0.05) is 30.1 Å². The Morgan fingerprint density at radius 3 is 2.44 bits per heavy atom. The summed E-state index contributed by atoms with van der Waals surface area (Å²) in [7, 11) is 0. The normalized spacial score (nSPS) is 16.7. The summed E-state index contributed by atoms with van der Waals surface area (Å²) in [4.78, 5) is 11.7. The third-order valence-corrected chi connectivity index (χ3v) is 3.44. The van der Waals surface area contributed by atoms with Gasteiger partial charge in [-0.25, -0.2) is 0 Å². The van der Waals surface area contributed by atoms with Gasteiger partial charge in [-0.05, 0) is 52.5 Å². The second kappa shape index (κ2) is 8.12. The van der Waals surface area contributed by atoms with Gasteiger partial charge < -0.3 is 4.74 Å². The van der Waals surface area contributed by atoms with E-state index in [1.807, 2.05) is 6.08 Å². The molecule has 102 valence electrons. The number of allylic oxidation sites excluding steroid dienone is 3. The zero-order chi connectivity index (χ0) is 13.4. The van der Waals surface area contributed by atoms with Crippen molar-refractivity contribution < 1.29 is 9.53 Å². The SMILES string of the molecule is CC(C)=CCC/C(C)=C\COC(=O)C1CCCC1. The van der Waals surface area contributed by atoms with Crippen LogP contribution in [0.1, 0.15) is 59.3 Å². The highest BCUT2D eigenvalue weighted by Crippen LogP contribution is 2.25. The maximum atomic E-state index is 11.7. The fraction of sp³-hybridized carbons (Fsp3) is 0.688. The molecule has 0 radical (unpaired) electrons. The van der Waals surface area contributed by atoms with Crippen LogP contribution in [0.5, 0.6) is 0 Å². The van der Waals surface area contributed by atoms with Gasteiger partial charge >= 0.3 is 5.97 Å². The summed E-state index contributed by atoms with van der Waals surface area (Å²) in [5.41, 5.74) is 2.65. The number of esters is 1. The molecule has 0 spiro atoms. The molecular weight excluding hydrogens is 224 g/mol. The van der Waals surface area contributed by atoms with Crippen LogP contribution in [-0.4, -0.2) is 12.6 Å².